The minimum atomic E-state index is 0.0464. The largest absolute Gasteiger partial charge is 0.378 e. The zero-order valence-corrected chi connectivity index (χ0v) is 13.7. The normalized spacial score (nSPS) is 21.9. The van der Waals surface area contributed by atoms with E-state index in [0.29, 0.717) is 26.3 Å². The van der Waals surface area contributed by atoms with Gasteiger partial charge in [0.25, 0.3) is 0 Å². The van der Waals surface area contributed by atoms with Gasteiger partial charge >= 0.3 is 0 Å². The fourth-order valence-electron chi connectivity index (χ4n) is 3.53. The minimum absolute atomic E-state index is 0.0464. The van der Waals surface area contributed by atoms with Crippen molar-refractivity contribution in [1.82, 2.24) is 14.9 Å². The maximum atomic E-state index is 12.8. The molecule has 1 amide bonds. The fourth-order valence-corrected chi connectivity index (χ4v) is 3.53. The van der Waals surface area contributed by atoms with Crippen LogP contribution in [0.5, 0.6) is 0 Å². The molecule has 0 aliphatic carbocycles. The Hall–Kier alpha value is -2.21. The van der Waals surface area contributed by atoms with Gasteiger partial charge in [-0.2, -0.15) is 0 Å². The van der Waals surface area contributed by atoms with Crippen molar-refractivity contribution < 1.29 is 9.53 Å². The van der Waals surface area contributed by atoms with Crippen molar-refractivity contribution in [1.29, 1.82) is 0 Å². The van der Waals surface area contributed by atoms with E-state index < -0.39 is 0 Å². The monoisotopic (exact) mass is 326 g/mol. The van der Waals surface area contributed by atoms with Crippen molar-refractivity contribution in [3.63, 3.8) is 0 Å². The molecule has 0 unspecified atom stereocenters. The Bertz CT molecular complexity index is 730. The fraction of sp³-hybridized carbons (Fsp3) is 0.500. The molecule has 3 heterocycles. The summed E-state index contributed by atoms with van der Waals surface area (Å²) in [6, 6.07) is 7.88. The summed E-state index contributed by atoms with van der Waals surface area (Å²) in [4.78, 5) is 26.1. The second-order valence-corrected chi connectivity index (χ2v) is 6.44. The van der Waals surface area contributed by atoms with Crippen LogP contribution in [0.4, 0.5) is 5.82 Å². The SMILES string of the molecule is O=C([C@H]1CCCN(c2cnc3ccccc3n2)C1)N1CCOCC1. The lowest BCUT2D eigenvalue weighted by molar-refractivity contribution is -0.139. The second kappa shape index (κ2) is 6.73. The number of carbonyl (C=O) groups excluding carboxylic acids is 1. The number of hydrogen-bond donors (Lipinski definition) is 0. The number of morpholine rings is 1. The van der Waals surface area contributed by atoms with Crippen molar-refractivity contribution >= 4 is 22.8 Å². The average molecular weight is 326 g/mol. The molecule has 1 atom stereocenters. The number of amides is 1. The van der Waals surface area contributed by atoms with Gasteiger partial charge in [0.15, 0.2) is 0 Å². The minimum Gasteiger partial charge on any atom is -0.378 e. The van der Waals surface area contributed by atoms with Gasteiger partial charge in [0.1, 0.15) is 5.82 Å². The molecule has 1 aromatic heterocycles. The van der Waals surface area contributed by atoms with Crippen molar-refractivity contribution in [3.05, 3.63) is 30.5 Å². The summed E-state index contributed by atoms with van der Waals surface area (Å²) in [6.07, 6.45) is 3.78. The average Bonchev–Trinajstić information content (AvgIpc) is 2.68. The van der Waals surface area contributed by atoms with Gasteiger partial charge < -0.3 is 14.5 Å². The third-order valence-electron chi connectivity index (χ3n) is 4.85. The Balaban J connectivity index is 1.50. The third kappa shape index (κ3) is 3.06. The van der Waals surface area contributed by atoms with Gasteiger partial charge in [-0.05, 0) is 25.0 Å². The molecule has 126 valence electrons. The number of aromatic nitrogens is 2. The molecule has 2 aliphatic rings. The molecule has 0 spiro atoms. The number of piperidine rings is 1. The van der Waals surface area contributed by atoms with Crippen LogP contribution in [0.25, 0.3) is 11.0 Å². The van der Waals surface area contributed by atoms with Crippen molar-refractivity contribution in [2.45, 2.75) is 12.8 Å². The molecule has 6 nitrogen and oxygen atoms in total. The molecule has 2 saturated heterocycles. The van der Waals surface area contributed by atoms with E-state index in [0.717, 1.165) is 42.8 Å². The van der Waals surface area contributed by atoms with Crippen LogP contribution in [0.3, 0.4) is 0 Å². The summed E-state index contributed by atoms with van der Waals surface area (Å²) in [7, 11) is 0. The van der Waals surface area contributed by atoms with Crippen LogP contribution in [0.1, 0.15) is 12.8 Å². The summed E-state index contributed by atoms with van der Waals surface area (Å²) in [6.45, 7) is 4.38. The van der Waals surface area contributed by atoms with Crippen LogP contribution in [-0.4, -0.2) is 60.2 Å². The molecule has 6 heteroatoms. The van der Waals surface area contributed by atoms with E-state index in [1.165, 1.54) is 0 Å². The third-order valence-corrected chi connectivity index (χ3v) is 4.85. The molecule has 0 radical (unpaired) electrons. The van der Waals surface area contributed by atoms with Crippen molar-refractivity contribution in [2.24, 2.45) is 5.92 Å². The number of nitrogens with zero attached hydrogens (tertiary/aromatic N) is 4. The first-order valence-electron chi connectivity index (χ1n) is 8.64. The number of hydrogen-bond acceptors (Lipinski definition) is 5. The number of para-hydroxylation sites is 2. The Labute approximate surface area is 141 Å². The quantitative estimate of drug-likeness (QED) is 0.841. The highest BCUT2D eigenvalue weighted by Gasteiger charge is 2.30. The predicted octanol–water partition coefficient (Wildman–Crippen LogP) is 1.70. The van der Waals surface area contributed by atoms with Crippen LogP contribution in [0.2, 0.25) is 0 Å². The lowest BCUT2D eigenvalue weighted by atomic mass is 9.96. The molecule has 0 N–H and O–H groups in total. The molecular weight excluding hydrogens is 304 g/mol. The first-order valence-corrected chi connectivity index (χ1v) is 8.64. The van der Waals surface area contributed by atoms with Crippen LogP contribution in [0, 0.1) is 5.92 Å². The summed E-state index contributed by atoms with van der Waals surface area (Å²) in [5.41, 5.74) is 1.80. The summed E-state index contributed by atoms with van der Waals surface area (Å²) in [5.74, 6) is 1.18. The van der Waals surface area contributed by atoms with Gasteiger partial charge in [0.05, 0.1) is 36.4 Å². The van der Waals surface area contributed by atoms with Crippen molar-refractivity contribution in [2.75, 3.05) is 44.3 Å². The van der Waals surface area contributed by atoms with E-state index in [1.807, 2.05) is 35.4 Å². The number of fused-ring (bicyclic) bond motifs is 1. The summed E-state index contributed by atoms with van der Waals surface area (Å²) < 4.78 is 5.35. The van der Waals surface area contributed by atoms with E-state index in [9.17, 15) is 4.79 Å². The van der Waals surface area contributed by atoms with E-state index in [-0.39, 0.29) is 11.8 Å². The Morgan fingerprint density at radius 1 is 1.12 bits per heavy atom. The van der Waals surface area contributed by atoms with Gasteiger partial charge in [-0.3, -0.25) is 9.78 Å². The number of rotatable bonds is 2. The molecule has 2 fully saturated rings. The maximum Gasteiger partial charge on any atom is 0.227 e. The smallest absolute Gasteiger partial charge is 0.227 e. The van der Waals surface area contributed by atoms with Crippen LogP contribution in [-0.2, 0) is 9.53 Å². The van der Waals surface area contributed by atoms with E-state index in [1.54, 1.807) is 0 Å². The highest BCUT2D eigenvalue weighted by molar-refractivity contribution is 5.80. The summed E-state index contributed by atoms with van der Waals surface area (Å²) >= 11 is 0. The molecule has 4 rings (SSSR count). The molecule has 2 aliphatic heterocycles. The standard InChI is InChI=1S/C18H22N4O2/c23-18(21-8-10-24-11-9-21)14-4-3-7-22(13-14)17-12-19-15-5-1-2-6-16(15)20-17/h1-2,5-6,12,14H,3-4,7-11,13H2/t14-/m0/s1. The van der Waals surface area contributed by atoms with E-state index in [4.69, 9.17) is 9.72 Å². The molecule has 0 bridgehead atoms. The number of ether oxygens (including phenoxy) is 1. The van der Waals surface area contributed by atoms with Crippen molar-refractivity contribution in [3.8, 4) is 0 Å². The van der Waals surface area contributed by atoms with E-state index >= 15 is 0 Å². The number of carbonyl (C=O) groups is 1. The van der Waals surface area contributed by atoms with Gasteiger partial charge in [-0.25, -0.2) is 4.98 Å². The first-order chi connectivity index (χ1) is 11.8. The molecule has 2 aromatic rings. The number of anilines is 1. The van der Waals surface area contributed by atoms with Crippen LogP contribution >= 0.6 is 0 Å². The molecule has 0 saturated carbocycles. The zero-order valence-electron chi connectivity index (χ0n) is 13.7. The van der Waals surface area contributed by atoms with Crippen LogP contribution in [0.15, 0.2) is 30.5 Å². The summed E-state index contributed by atoms with van der Waals surface area (Å²) in [5, 5.41) is 0. The zero-order chi connectivity index (χ0) is 16.4. The van der Waals surface area contributed by atoms with Gasteiger partial charge in [0.2, 0.25) is 5.91 Å². The Morgan fingerprint density at radius 3 is 2.75 bits per heavy atom. The van der Waals surface area contributed by atoms with Crippen LogP contribution < -0.4 is 4.90 Å². The highest BCUT2D eigenvalue weighted by Crippen LogP contribution is 2.24. The first kappa shape index (κ1) is 15.3. The molecular formula is C18H22N4O2. The molecule has 1 aromatic carbocycles. The molecule has 24 heavy (non-hydrogen) atoms. The highest BCUT2D eigenvalue weighted by atomic mass is 16.5. The second-order valence-electron chi connectivity index (χ2n) is 6.44. The lowest BCUT2D eigenvalue weighted by Crippen LogP contribution is -2.48. The number of benzene rings is 1. The lowest BCUT2D eigenvalue weighted by Gasteiger charge is -2.36. The van der Waals surface area contributed by atoms with Gasteiger partial charge in [-0.15, -0.1) is 0 Å². The predicted molar refractivity (Wildman–Crippen MR) is 91.9 cm³/mol. The van der Waals surface area contributed by atoms with Gasteiger partial charge in [-0.1, -0.05) is 12.1 Å². The topological polar surface area (TPSA) is 58.6 Å². The van der Waals surface area contributed by atoms with E-state index in [2.05, 4.69) is 9.88 Å². The Kier molecular flexibility index (Phi) is 4.30. The maximum absolute atomic E-state index is 12.8. The Morgan fingerprint density at radius 2 is 1.92 bits per heavy atom. The van der Waals surface area contributed by atoms with Gasteiger partial charge in [0, 0.05) is 26.2 Å².